The first-order valence-electron chi connectivity index (χ1n) is 9.27. The van der Waals surface area contributed by atoms with E-state index in [4.69, 9.17) is 9.72 Å². The van der Waals surface area contributed by atoms with E-state index in [9.17, 15) is 4.79 Å². The molecule has 5 nitrogen and oxygen atoms in total. The van der Waals surface area contributed by atoms with Crippen molar-refractivity contribution >= 4 is 28.0 Å². The van der Waals surface area contributed by atoms with E-state index in [0.29, 0.717) is 19.4 Å². The number of fused-ring (bicyclic) bond motifs is 2. The number of carbonyl (C=O) groups excluding carboxylic acids is 1. The normalized spacial score (nSPS) is 11.0. The number of hydrogen-bond acceptors (Lipinski definition) is 3. The van der Waals surface area contributed by atoms with Gasteiger partial charge in [-0.1, -0.05) is 31.5 Å². The molecule has 0 spiro atoms. The van der Waals surface area contributed by atoms with E-state index in [1.807, 2.05) is 43.4 Å². The Morgan fingerprint density at radius 1 is 1.12 bits per heavy atom. The van der Waals surface area contributed by atoms with E-state index in [1.165, 1.54) is 0 Å². The second-order valence-electron chi connectivity index (χ2n) is 6.44. The number of hydrogen-bond donors (Lipinski definition) is 1. The van der Waals surface area contributed by atoms with Crippen LogP contribution in [0.4, 0.5) is 0 Å². The highest BCUT2D eigenvalue weighted by atomic mass is 16.5. The minimum Gasteiger partial charge on any atom is -0.491 e. The monoisotopic (exact) mass is 352 g/mol. The molecule has 0 saturated carbocycles. The first-order chi connectivity index (χ1) is 12.7. The molecule has 3 aromatic rings. The Morgan fingerprint density at radius 3 is 2.77 bits per heavy atom. The number of aryl methyl sites for hydroxylation is 1. The number of amides is 1. The Bertz CT molecular complexity index is 908. The van der Waals surface area contributed by atoms with Crippen molar-refractivity contribution in [3.63, 3.8) is 0 Å². The molecule has 0 aliphatic rings. The predicted octanol–water partition coefficient (Wildman–Crippen LogP) is 3.29. The Kier molecular flexibility index (Phi) is 6.00. The van der Waals surface area contributed by atoms with Crippen LogP contribution in [0.5, 0.6) is 5.75 Å². The zero-order valence-electron chi connectivity index (χ0n) is 15.5. The van der Waals surface area contributed by atoms with E-state index in [2.05, 4.69) is 22.9 Å². The fourth-order valence-corrected chi connectivity index (χ4v) is 3.01. The number of ether oxygens (including phenoxy) is 1. The number of aromatic nitrogens is 2. The van der Waals surface area contributed by atoms with Crippen LogP contribution in [0.2, 0.25) is 0 Å². The summed E-state index contributed by atoms with van der Waals surface area (Å²) in [5, 5.41) is 2.93. The SMILES string of the molecule is CCCCNC(=O)CCCOc1cccc2c1nc1ccccc1[n+]2C. The highest BCUT2D eigenvalue weighted by molar-refractivity contribution is 5.85. The van der Waals surface area contributed by atoms with Gasteiger partial charge in [-0.15, -0.1) is 0 Å². The van der Waals surface area contributed by atoms with E-state index < -0.39 is 0 Å². The average molecular weight is 352 g/mol. The van der Waals surface area contributed by atoms with E-state index in [1.54, 1.807) is 0 Å². The van der Waals surface area contributed by atoms with Crippen LogP contribution in [-0.2, 0) is 11.8 Å². The number of unbranched alkanes of at least 4 members (excludes halogenated alkanes) is 1. The van der Waals surface area contributed by atoms with Gasteiger partial charge in [0.2, 0.25) is 16.9 Å². The van der Waals surface area contributed by atoms with Gasteiger partial charge in [0.15, 0.2) is 11.3 Å². The molecule has 1 N–H and O–H groups in total. The van der Waals surface area contributed by atoms with Crippen LogP contribution >= 0.6 is 0 Å². The standard InChI is InChI=1S/C21H25N3O2/c1-3-4-14-22-20(25)13-8-15-26-19-12-7-11-18-21(19)23-16-9-5-6-10-17(16)24(18)2/h5-7,9-12H,3-4,8,13-15H2,1-2H3/p+1. The van der Waals surface area contributed by atoms with Gasteiger partial charge in [-0.3, -0.25) is 4.79 Å². The average Bonchev–Trinajstić information content (AvgIpc) is 2.66. The van der Waals surface area contributed by atoms with Gasteiger partial charge >= 0.3 is 0 Å². The number of para-hydroxylation sites is 3. The number of rotatable bonds is 8. The van der Waals surface area contributed by atoms with Crippen molar-refractivity contribution in [3.05, 3.63) is 42.5 Å². The van der Waals surface area contributed by atoms with Crippen molar-refractivity contribution in [2.24, 2.45) is 7.05 Å². The van der Waals surface area contributed by atoms with Crippen molar-refractivity contribution in [3.8, 4) is 5.75 Å². The van der Waals surface area contributed by atoms with Crippen molar-refractivity contribution in [2.45, 2.75) is 32.6 Å². The van der Waals surface area contributed by atoms with E-state index in [-0.39, 0.29) is 5.91 Å². The van der Waals surface area contributed by atoms with Gasteiger partial charge in [0.05, 0.1) is 6.61 Å². The quantitative estimate of drug-likeness (QED) is 0.384. The Balaban J connectivity index is 1.68. The molecule has 3 rings (SSSR count). The third kappa shape index (κ3) is 4.10. The molecule has 1 amide bonds. The Morgan fingerprint density at radius 2 is 1.92 bits per heavy atom. The summed E-state index contributed by atoms with van der Waals surface area (Å²) in [6.07, 6.45) is 3.28. The molecule has 0 aliphatic heterocycles. The summed E-state index contributed by atoms with van der Waals surface area (Å²) in [6.45, 7) is 3.37. The van der Waals surface area contributed by atoms with Gasteiger partial charge in [-0.25, -0.2) is 4.98 Å². The van der Waals surface area contributed by atoms with Crippen LogP contribution in [0, 0.1) is 0 Å². The smallest absolute Gasteiger partial charge is 0.235 e. The van der Waals surface area contributed by atoms with Crippen molar-refractivity contribution in [2.75, 3.05) is 13.2 Å². The number of benzene rings is 2. The molecular weight excluding hydrogens is 326 g/mol. The topological polar surface area (TPSA) is 55.1 Å². The van der Waals surface area contributed by atoms with Crippen LogP contribution < -0.4 is 14.6 Å². The zero-order chi connectivity index (χ0) is 18.4. The zero-order valence-corrected chi connectivity index (χ0v) is 15.5. The van der Waals surface area contributed by atoms with Crippen molar-refractivity contribution in [1.29, 1.82) is 0 Å². The highest BCUT2D eigenvalue weighted by Gasteiger charge is 2.15. The molecule has 0 unspecified atom stereocenters. The largest absolute Gasteiger partial charge is 0.491 e. The van der Waals surface area contributed by atoms with Crippen molar-refractivity contribution in [1.82, 2.24) is 10.3 Å². The van der Waals surface area contributed by atoms with Gasteiger partial charge in [0.25, 0.3) is 0 Å². The molecule has 5 heteroatoms. The fourth-order valence-electron chi connectivity index (χ4n) is 3.01. The predicted molar refractivity (Wildman–Crippen MR) is 103 cm³/mol. The molecule has 0 atom stereocenters. The lowest BCUT2D eigenvalue weighted by Gasteiger charge is -2.09. The van der Waals surface area contributed by atoms with Crippen LogP contribution in [0.1, 0.15) is 32.6 Å². The summed E-state index contributed by atoms with van der Waals surface area (Å²) < 4.78 is 8.07. The molecule has 26 heavy (non-hydrogen) atoms. The van der Waals surface area contributed by atoms with Crippen LogP contribution in [0.3, 0.4) is 0 Å². The molecule has 0 bridgehead atoms. The number of nitrogens with one attached hydrogen (secondary N) is 1. The maximum absolute atomic E-state index is 11.8. The van der Waals surface area contributed by atoms with Crippen LogP contribution in [0.25, 0.3) is 22.1 Å². The minimum absolute atomic E-state index is 0.0930. The summed E-state index contributed by atoms with van der Waals surface area (Å²) in [6, 6.07) is 14.0. The number of nitrogens with zero attached hydrogens (tertiary/aromatic N) is 2. The van der Waals surface area contributed by atoms with Gasteiger partial charge < -0.3 is 10.1 Å². The molecule has 2 aromatic carbocycles. The van der Waals surface area contributed by atoms with Crippen molar-refractivity contribution < 1.29 is 14.1 Å². The second-order valence-corrected chi connectivity index (χ2v) is 6.44. The third-order valence-electron chi connectivity index (χ3n) is 4.47. The lowest BCUT2D eigenvalue weighted by molar-refractivity contribution is -0.617. The summed E-state index contributed by atoms with van der Waals surface area (Å²) in [4.78, 5) is 16.5. The lowest BCUT2D eigenvalue weighted by atomic mass is 10.2. The van der Waals surface area contributed by atoms with Gasteiger partial charge in [0, 0.05) is 25.1 Å². The molecule has 1 heterocycles. The van der Waals surface area contributed by atoms with Crippen LogP contribution in [0.15, 0.2) is 42.5 Å². The maximum Gasteiger partial charge on any atom is 0.235 e. The maximum atomic E-state index is 11.8. The summed E-state index contributed by atoms with van der Waals surface area (Å²) in [5.74, 6) is 0.853. The summed E-state index contributed by atoms with van der Waals surface area (Å²) >= 11 is 0. The van der Waals surface area contributed by atoms with Gasteiger partial charge in [0.1, 0.15) is 12.6 Å². The summed E-state index contributed by atoms with van der Waals surface area (Å²) in [5.41, 5.74) is 3.90. The molecule has 136 valence electrons. The Labute approximate surface area is 154 Å². The summed E-state index contributed by atoms with van der Waals surface area (Å²) in [7, 11) is 2.04. The first-order valence-corrected chi connectivity index (χ1v) is 9.27. The molecule has 0 radical (unpaired) electrons. The molecular formula is C21H26N3O2+. The fraction of sp³-hybridized carbons (Fsp3) is 0.381. The van der Waals surface area contributed by atoms with E-state index in [0.717, 1.165) is 47.2 Å². The third-order valence-corrected chi connectivity index (χ3v) is 4.47. The first kappa shape index (κ1) is 18.1. The Hall–Kier alpha value is -2.69. The van der Waals surface area contributed by atoms with E-state index >= 15 is 0 Å². The molecule has 1 aromatic heterocycles. The molecule has 0 aliphatic carbocycles. The number of carbonyl (C=O) groups is 1. The lowest BCUT2D eigenvalue weighted by Crippen LogP contribution is -2.30. The molecule has 0 fully saturated rings. The second kappa shape index (κ2) is 8.61. The van der Waals surface area contributed by atoms with Crippen LogP contribution in [-0.4, -0.2) is 24.0 Å². The minimum atomic E-state index is 0.0930. The molecule has 0 saturated heterocycles. The van der Waals surface area contributed by atoms with Gasteiger partial charge in [-0.05, 0) is 25.0 Å². The highest BCUT2D eigenvalue weighted by Crippen LogP contribution is 2.23. The van der Waals surface area contributed by atoms with Gasteiger partial charge in [-0.2, -0.15) is 4.57 Å².